The Morgan fingerprint density at radius 1 is 1.25 bits per heavy atom. The molecule has 1 aliphatic rings. The molecule has 7 nitrogen and oxygen atoms in total. The summed E-state index contributed by atoms with van der Waals surface area (Å²) in [4.78, 5) is 11.4. The summed E-state index contributed by atoms with van der Waals surface area (Å²) in [5.74, 6) is 1.92. The molecule has 1 aliphatic heterocycles. The standard InChI is InChI=1S/C23H32FN5O2.HI/c1-3-25-23(26-15-20(30)16-31-21-9-7-18(24)8-10-21)28-19-11-13-29(14-12-19)22-6-4-5-17(2)27-22;/h4-10,19-20,30H,3,11-16H2,1-2H3,(H2,25,26,28);1H. The fourth-order valence-electron chi connectivity index (χ4n) is 3.44. The molecule has 1 fully saturated rings. The van der Waals surface area contributed by atoms with Crippen molar-refractivity contribution < 1.29 is 14.2 Å². The summed E-state index contributed by atoms with van der Waals surface area (Å²) in [6, 6.07) is 12.2. The minimum Gasteiger partial charge on any atom is -0.491 e. The number of aliphatic imine (C=N–C) groups is 1. The third kappa shape index (κ3) is 8.42. The van der Waals surface area contributed by atoms with E-state index in [9.17, 15) is 9.50 Å². The number of aryl methyl sites for hydroxylation is 1. The minimum absolute atomic E-state index is 0. The van der Waals surface area contributed by atoms with Crippen LogP contribution < -0.4 is 20.3 Å². The van der Waals surface area contributed by atoms with Gasteiger partial charge in [-0.15, -0.1) is 24.0 Å². The number of aliphatic hydroxyl groups excluding tert-OH is 1. The molecule has 3 rings (SSSR count). The molecule has 1 saturated heterocycles. The zero-order valence-electron chi connectivity index (χ0n) is 18.6. The number of hydrogen-bond donors (Lipinski definition) is 3. The molecule has 0 amide bonds. The van der Waals surface area contributed by atoms with Crippen LogP contribution in [0.15, 0.2) is 47.5 Å². The van der Waals surface area contributed by atoms with Gasteiger partial charge in [-0.25, -0.2) is 9.37 Å². The van der Waals surface area contributed by atoms with E-state index in [0.717, 1.165) is 44.0 Å². The van der Waals surface area contributed by atoms with E-state index >= 15 is 0 Å². The zero-order valence-corrected chi connectivity index (χ0v) is 21.0. The van der Waals surface area contributed by atoms with Crippen molar-refractivity contribution in [1.29, 1.82) is 0 Å². The summed E-state index contributed by atoms with van der Waals surface area (Å²) in [7, 11) is 0. The number of aromatic nitrogens is 1. The molecule has 1 aromatic heterocycles. The highest BCUT2D eigenvalue weighted by atomic mass is 127. The number of nitrogens with zero attached hydrogens (tertiary/aromatic N) is 3. The van der Waals surface area contributed by atoms with Crippen LogP contribution in [0.3, 0.4) is 0 Å². The number of pyridine rings is 1. The number of ether oxygens (including phenoxy) is 1. The first-order valence-electron chi connectivity index (χ1n) is 10.8. The van der Waals surface area contributed by atoms with Crippen molar-refractivity contribution in [2.24, 2.45) is 4.99 Å². The summed E-state index contributed by atoms with van der Waals surface area (Å²) in [6.07, 6.45) is 1.21. The van der Waals surface area contributed by atoms with Gasteiger partial charge >= 0.3 is 0 Å². The van der Waals surface area contributed by atoms with Gasteiger partial charge < -0.3 is 25.4 Å². The maximum absolute atomic E-state index is 12.9. The number of benzene rings is 1. The second kappa shape index (κ2) is 13.4. The zero-order chi connectivity index (χ0) is 22.1. The number of aliphatic hydroxyl groups is 1. The highest BCUT2D eigenvalue weighted by molar-refractivity contribution is 14.0. The lowest BCUT2D eigenvalue weighted by molar-refractivity contribution is 0.114. The molecule has 1 unspecified atom stereocenters. The largest absolute Gasteiger partial charge is 0.491 e. The van der Waals surface area contributed by atoms with E-state index in [4.69, 9.17) is 4.74 Å². The third-order valence-electron chi connectivity index (χ3n) is 5.09. The molecular weight excluding hydrogens is 524 g/mol. The van der Waals surface area contributed by atoms with Crippen LogP contribution in [0.2, 0.25) is 0 Å². The highest BCUT2D eigenvalue weighted by Crippen LogP contribution is 2.18. The first-order valence-corrected chi connectivity index (χ1v) is 10.8. The van der Waals surface area contributed by atoms with Gasteiger partial charge in [0.25, 0.3) is 0 Å². The van der Waals surface area contributed by atoms with Crippen LogP contribution in [-0.4, -0.2) is 61.0 Å². The number of anilines is 1. The fourth-order valence-corrected chi connectivity index (χ4v) is 3.44. The molecule has 176 valence electrons. The number of hydrogen-bond acceptors (Lipinski definition) is 5. The number of halogens is 2. The summed E-state index contributed by atoms with van der Waals surface area (Å²) >= 11 is 0. The molecule has 9 heteroatoms. The summed E-state index contributed by atoms with van der Waals surface area (Å²) in [5, 5.41) is 16.9. The number of nitrogens with one attached hydrogen (secondary N) is 2. The summed E-state index contributed by atoms with van der Waals surface area (Å²) < 4.78 is 18.4. The van der Waals surface area contributed by atoms with E-state index in [1.54, 1.807) is 0 Å². The number of rotatable bonds is 8. The van der Waals surface area contributed by atoms with Crippen LogP contribution in [0.4, 0.5) is 10.2 Å². The molecular formula is C23H33FIN5O2. The molecule has 32 heavy (non-hydrogen) atoms. The Bertz CT molecular complexity index is 845. The maximum atomic E-state index is 12.9. The lowest BCUT2D eigenvalue weighted by Gasteiger charge is -2.34. The van der Waals surface area contributed by atoms with Crippen LogP contribution in [0.1, 0.15) is 25.5 Å². The van der Waals surface area contributed by atoms with Gasteiger partial charge in [0.1, 0.15) is 30.1 Å². The second-order valence-corrected chi connectivity index (χ2v) is 7.68. The summed E-state index contributed by atoms with van der Waals surface area (Å²) in [6.45, 7) is 6.93. The lowest BCUT2D eigenvalue weighted by atomic mass is 10.1. The predicted octanol–water partition coefficient (Wildman–Crippen LogP) is 3.11. The van der Waals surface area contributed by atoms with Gasteiger partial charge in [-0.2, -0.15) is 0 Å². The molecule has 0 bridgehead atoms. The van der Waals surface area contributed by atoms with Gasteiger partial charge in [-0.3, -0.25) is 4.99 Å². The van der Waals surface area contributed by atoms with Gasteiger partial charge in [-0.1, -0.05) is 6.07 Å². The lowest BCUT2D eigenvalue weighted by Crippen LogP contribution is -2.49. The van der Waals surface area contributed by atoms with Crippen molar-refractivity contribution in [3.8, 4) is 5.75 Å². The van der Waals surface area contributed by atoms with Crippen molar-refractivity contribution in [2.45, 2.75) is 38.8 Å². The molecule has 1 aromatic carbocycles. The quantitative estimate of drug-likeness (QED) is 0.263. The minimum atomic E-state index is -0.755. The molecule has 0 spiro atoms. The molecule has 0 saturated carbocycles. The van der Waals surface area contributed by atoms with Crippen molar-refractivity contribution in [1.82, 2.24) is 15.6 Å². The van der Waals surface area contributed by atoms with Gasteiger partial charge in [0.2, 0.25) is 0 Å². The molecule has 3 N–H and O–H groups in total. The van der Waals surface area contributed by atoms with E-state index in [-0.39, 0.29) is 42.9 Å². The third-order valence-corrected chi connectivity index (χ3v) is 5.09. The molecule has 0 aliphatic carbocycles. The van der Waals surface area contributed by atoms with Crippen LogP contribution in [0, 0.1) is 12.7 Å². The first kappa shape index (κ1) is 26.1. The average Bonchev–Trinajstić information content (AvgIpc) is 2.78. The second-order valence-electron chi connectivity index (χ2n) is 7.68. The molecule has 0 radical (unpaired) electrons. The van der Waals surface area contributed by atoms with Gasteiger partial charge in [0.15, 0.2) is 5.96 Å². The SMILES string of the molecule is CCNC(=NCC(O)COc1ccc(F)cc1)NC1CCN(c2cccc(C)n2)CC1.I. The Morgan fingerprint density at radius 2 is 1.97 bits per heavy atom. The van der Waals surface area contributed by atoms with Crippen LogP contribution in [-0.2, 0) is 0 Å². The smallest absolute Gasteiger partial charge is 0.191 e. The van der Waals surface area contributed by atoms with Crippen LogP contribution in [0.5, 0.6) is 5.75 Å². The predicted molar refractivity (Wildman–Crippen MR) is 137 cm³/mol. The Hall–Kier alpha value is -2.14. The van der Waals surface area contributed by atoms with Crippen molar-refractivity contribution >= 4 is 35.8 Å². The van der Waals surface area contributed by atoms with E-state index < -0.39 is 6.10 Å². The number of piperidine rings is 1. The van der Waals surface area contributed by atoms with Gasteiger partial charge in [0.05, 0.1) is 6.54 Å². The van der Waals surface area contributed by atoms with Gasteiger partial charge in [0, 0.05) is 31.4 Å². The van der Waals surface area contributed by atoms with Gasteiger partial charge in [-0.05, 0) is 63.1 Å². The Morgan fingerprint density at radius 3 is 2.62 bits per heavy atom. The Labute approximate surface area is 206 Å². The Kier molecular flexibility index (Phi) is 10.9. The van der Waals surface area contributed by atoms with E-state index in [1.807, 2.05) is 26.0 Å². The monoisotopic (exact) mass is 557 g/mol. The Balaban J connectivity index is 0.00000363. The van der Waals surface area contributed by atoms with E-state index in [2.05, 4.69) is 31.6 Å². The number of guanidine groups is 1. The van der Waals surface area contributed by atoms with Crippen LogP contribution in [0.25, 0.3) is 0 Å². The summed E-state index contributed by atoms with van der Waals surface area (Å²) in [5.41, 5.74) is 1.03. The van der Waals surface area contributed by atoms with E-state index in [1.165, 1.54) is 24.3 Å². The first-order chi connectivity index (χ1) is 15.0. The topological polar surface area (TPSA) is 82.0 Å². The van der Waals surface area contributed by atoms with Crippen LogP contribution >= 0.6 is 24.0 Å². The molecule has 1 atom stereocenters. The van der Waals surface area contributed by atoms with Crippen molar-refractivity contribution in [3.63, 3.8) is 0 Å². The maximum Gasteiger partial charge on any atom is 0.191 e. The van der Waals surface area contributed by atoms with E-state index in [0.29, 0.717) is 17.8 Å². The molecule has 2 heterocycles. The van der Waals surface area contributed by atoms with Crippen molar-refractivity contribution in [2.75, 3.05) is 37.7 Å². The average molecular weight is 557 g/mol. The van der Waals surface area contributed by atoms with Crippen molar-refractivity contribution in [3.05, 3.63) is 54.0 Å². The highest BCUT2D eigenvalue weighted by Gasteiger charge is 2.21. The normalized spacial score (nSPS) is 15.6. The molecule has 2 aromatic rings. The fraction of sp³-hybridized carbons (Fsp3) is 0.478.